The van der Waals surface area contributed by atoms with Crippen LogP contribution in [0.15, 0.2) is 71.8 Å². The van der Waals surface area contributed by atoms with Crippen LogP contribution >= 0.6 is 0 Å². The molecule has 0 bridgehead atoms. The van der Waals surface area contributed by atoms with Crippen molar-refractivity contribution in [2.75, 3.05) is 31.1 Å². The summed E-state index contributed by atoms with van der Waals surface area (Å²) in [6.45, 7) is 2.80. The van der Waals surface area contributed by atoms with Gasteiger partial charge >= 0.3 is 0 Å². The second-order valence-corrected chi connectivity index (χ2v) is 7.72. The Morgan fingerprint density at radius 1 is 0.939 bits per heavy atom. The lowest BCUT2D eigenvalue weighted by atomic mass is 10.1. The fourth-order valence-electron chi connectivity index (χ4n) is 3.89. The van der Waals surface area contributed by atoms with E-state index in [2.05, 4.69) is 25.1 Å². The molecule has 0 aliphatic carbocycles. The molecule has 1 fully saturated rings. The van der Waals surface area contributed by atoms with Crippen molar-refractivity contribution in [3.63, 3.8) is 0 Å². The highest BCUT2D eigenvalue weighted by molar-refractivity contribution is 5.94. The van der Waals surface area contributed by atoms with Gasteiger partial charge in [-0.25, -0.2) is 15.1 Å². The zero-order valence-electron chi connectivity index (χ0n) is 17.8. The molecule has 9 heteroatoms. The zero-order valence-corrected chi connectivity index (χ0v) is 17.8. The molecule has 0 saturated carbocycles. The number of carbonyl (C=O) groups is 1. The van der Waals surface area contributed by atoms with Crippen LogP contribution in [0.5, 0.6) is 5.88 Å². The minimum atomic E-state index is -0.260. The van der Waals surface area contributed by atoms with E-state index in [1.807, 2.05) is 35.2 Å². The number of carbonyl (C=O) groups excluding carboxylic acids is 1. The van der Waals surface area contributed by atoms with Crippen LogP contribution in [0, 0.1) is 0 Å². The van der Waals surface area contributed by atoms with Crippen molar-refractivity contribution in [2.24, 2.45) is 0 Å². The zero-order chi connectivity index (χ0) is 22.6. The van der Waals surface area contributed by atoms with E-state index in [0.717, 1.165) is 5.56 Å². The van der Waals surface area contributed by atoms with E-state index < -0.39 is 0 Å². The summed E-state index contributed by atoms with van der Waals surface area (Å²) in [5, 5.41) is 7.66. The number of hydrogen-bond donors (Lipinski definition) is 1. The van der Waals surface area contributed by atoms with Crippen LogP contribution < -0.4 is 15.2 Å². The highest BCUT2D eigenvalue weighted by Crippen LogP contribution is 2.21. The Hall–Kier alpha value is -4.27. The van der Waals surface area contributed by atoms with Crippen molar-refractivity contribution in [1.82, 2.24) is 25.1 Å². The predicted molar refractivity (Wildman–Crippen MR) is 123 cm³/mol. The molecule has 0 spiro atoms. The molecule has 2 aromatic carbocycles. The summed E-state index contributed by atoms with van der Waals surface area (Å²) in [6.07, 6.45) is 3.44. The molecule has 3 heterocycles. The maximum absolute atomic E-state index is 13.1. The lowest BCUT2D eigenvalue weighted by Gasteiger charge is -2.34. The number of aromatic amines is 1. The Morgan fingerprint density at radius 2 is 1.70 bits per heavy atom. The minimum Gasteiger partial charge on any atom is -0.471 e. The van der Waals surface area contributed by atoms with Crippen LogP contribution in [0.1, 0.15) is 15.9 Å². The van der Waals surface area contributed by atoms with E-state index in [0.29, 0.717) is 54.3 Å². The molecule has 5 rings (SSSR count). The molecule has 166 valence electrons. The topological polar surface area (TPSA) is 104 Å². The molecular formula is C24H22N6O3. The fraction of sp³-hybridized carbons (Fsp3) is 0.208. The third-order valence-electron chi connectivity index (χ3n) is 5.61. The third-order valence-corrected chi connectivity index (χ3v) is 5.61. The van der Waals surface area contributed by atoms with Crippen molar-refractivity contribution >= 4 is 22.6 Å². The molecule has 0 unspecified atom stereocenters. The second kappa shape index (κ2) is 9.07. The molecule has 1 aliphatic rings. The number of H-pyrrole nitrogens is 1. The monoisotopic (exact) mass is 442 g/mol. The first kappa shape index (κ1) is 20.6. The van der Waals surface area contributed by atoms with Gasteiger partial charge in [0.2, 0.25) is 11.8 Å². The molecule has 1 saturated heterocycles. The number of anilines is 1. The van der Waals surface area contributed by atoms with Gasteiger partial charge in [-0.2, -0.15) is 0 Å². The van der Waals surface area contributed by atoms with Gasteiger partial charge < -0.3 is 14.5 Å². The smallest absolute Gasteiger partial charge is 0.272 e. The quantitative estimate of drug-likeness (QED) is 0.505. The molecule has 1 N–H and O–H groups in total. The standard InChI is InChI=1S/C24H22N6O3/c31-21-19-7-1-2-8-20(19)22(28-27-21)33-16-17-5-3-6-18(15-17)23(32)29-11-13-30(14-12-29)24-25-9-4-10-26-24/h1-10,15H,11-14,16H2,(H,27,31). The van der Waals surface area contributed by atoms with Gasteiger partial charge in [0.05, 0.1) is 10.8 Å². The van der Waals surface area contributed by atoms with Gasteiger partial charge in [0.1, 0.15) is 6.61 Å². The van der Waals surface area contributed by atoms with E-state index >= 15 is 0 Å². The van der Waals surface area contributed by atoms with Crippen molar-refractivity contribution in [2.45, 2.75) is 6.61 Å². The number of nitrogens with one attached hydrogen (secondary N) is 1. The number of aromatic nitrogens is 4. The van der Waals surface area contributed by atoms with Crippen LogP contribution in [0.4, 0.5) is 5.95 Å². The van der Waals surface area contributed by atoms with Crippen molar-refractivity contribution in [1.29, 1.82) is 0 Å². The SMILES string of the molecule is O=C(c1cccc(COc2n[nH]c(=O)c3ccccc23)c1)N1CCN(c2ncccn2)CC1. The normalized spacial score (nSPS) is 13.8. The van der Waals surface area contributed by atoms with Crippen LogP contribution in [-0.2, 0) is 6.61 Å². The Balaban J connectivity index is 1.25. The van der Waals surface area contributed by atoms with Crippen molar-refractivity contribution in [3.05, 3.63) is 88.5 Å². The number of rotatable bonds is 5. The van der Waals surface area contributed by atoms with E-state index in [1.165, 1.54) is 0 Å². The summed E-state index contributed by atoms with van der Waals surface area (Å²) in [5.74, 6) is 1.02. The highest BCUT2D eigenvalue weighted by Gasteiger charge is 2.23. The Labute approximate surface area is 189 Å². The number of nitrogens with zero attached hydrogens (tertiary/aromatic N) is 5. The van der Waals surface area contributed by atoms with Crippen molar-refractivity contribution in [3.8, 4) is 5.88 Å². The number of benzene rings is 2. The summed E-state index contributed by atoms with van der Waals surface area (Å²) >= 11 is 0. The number of ether oxygens (including phenoxy) is 1. The average Bonchev–Trinajstić information content (AvgIpc) is 2.89. The van der Waals surface area contributed by atoms with Crippen molar-refractivity contribution < 1.29 is 9.53 Å². The third kappa shape index (κ3) is 4.38. The van der Waals surface area contributed by atoms with Gasteiger partial charge in [0, 0.05) is 44.1 Å². The molecule has 0 atom stereocenters. The van der Waals surface area contributed by atoms with Gasteiger partial charge in [-0.1, -0.05) is 24.3 Å². The molecule has 0 radical (unpaired) electrons. The average molecular weight is 442 g/mol. The van der Waals surface area contributed by atoms with Gasteiger partial charge in [0.25, 0.3) is 11.5 Å². The largest absolute Gasteiger partial charge is 0.471 e. The van der Waals surface area contributed by atoms with Crippen LogP contribution in [-0.4, -0.2) is 57.2 Å². The second-order valence-electron chi connectivity index (χ2n) is 7.72. The molecule has 1 aliphatic heterocycles. The van der Waals surface area contributed by atoms with E-state index in [9.17, 15) is 9.59 Å². The molecule has 4 aromatic rings. The van der Waals surface area contributed by atoms with Crippen LogP contribution in [0.25, 0.3) is 10.8 Å². The maximum Gasteiger partial charge on any atom is 0.272 e. The Bertz CT molecular complexity index is 1330. The molecule has 2 aromatic heterocycles. The predicted octanol–water partition coefficient (Wildman–Crippen LogP) is 2.25. The van der Waals surface area contributed by atoms with Gasteiger partial charge in [-0.05, 0) is 35.9 Å². The first-order valence-electron chi connectivity index (χ1n) is 10.7. The molecular weight excluding hydrogens is 420 g/mol. The Kier molecular flexibility index (Phi) is 5.67. The number of fused-ring (bicyclic) bond motifs is 1. The van der Waals surface area contributed by atoms with Crippen LogP contribution in [0.2, 0.25) is 0 Å². The fourth-order valence-corrected chi connectivity index (χ4v) is 3.89. The first-order valence-corrected chi connectivity index (χ1v) is 10.7. The first-order chi connectivity index (χ1) is 16.2. The lowest BCUT2D eigenvalue weighted by Crippen LogP contribution is -2.49. The summed E-state index contributed by atoms with van der Waals surface area (Å²) in [7, 11) is 0. The summed E-state index contributed by atoms with van der Waals surface area (Å²) in [4.78, 5) is 37.5. The van der Waals surface area contributed by atoms with Gasteiger partial charge in [-0.3, -0.25) is 9.59 Å². The molecule has 33 heavy (non-hydrogen) atoms. The Morgan fingerprint density at radius 3 is 2.48 bits per heavy atom. The number of piperazine rings is 1. The van der Waals surface area contributed by atoms with E-state index in [-0.39, 0.29) is 18.1 Å². The summed E-state index contributed by atoms with van der Waals surface area (Å²) in [5.41, 5.74) is 1.19. The van der Waals surface area contributed by atoms with Crippen LogP contribution in [0.3, 0.4) is 0 Å². The number of amides is 1. The van der Waals surface area contributed by atoms with E-state index in [4.69, 9.17) is 4.74 Å². The van der Waals surface area contributed by atoms with E-state index in [1.54, 1.807) is 36.7 Å². The lowest BCUT2D eigenvalue weighted by molar-refractivity contribution is 0.0746. The highest BCUT2D eigenvalue weighted by atomic mass is 16.5. The number of hydrogen-bond acceptors (Lipinski definition) is 7. The summed E-state index contributed by atoms with van der Waals surface area (Å²) < 4.78 is 5.88. The van der Waals surface area contributed by atoms with Gasteiger partial charge in [0.15, 0.2) is 0 Å². The summed E-state index contributed by atoms with van der Waals surface area (Å²) in [6, 6.07) is 16.3. The van der Waals surface area contributed by atoms with Gasteiger partial charge in [-0.15, -0.1) is 5.10 Å². The maximum atomic E-state index is 13.1. The molecule has 9 nitrogen and oxygen atoms in total. The minimum absolute atomic E-state index is 0.0157. The molecule has 1 amide bonds.